The number of aryl methyl sites for hydroxylation is 2. The number of carbonyl (C=O) groups is 2. The Kier molecular flexibility index (Phi) is 6.93. The standard InChI is InChI=1S/C26H24ClNO6/c1-15-7-20(32-13-21-14-33-22-5-3-4-6-23(22)34-21)8-16(2)25(15)26(31)28-19-10-17(11-24(29)30)9-18(27)12-19/h3-10,12,21H,11,13-14H2,1-2H3,(H,28,31)(H,29,30)/t21-/m1/s1. The Balaban J connectivity index is 1.43. The summed E-state index contributed by atoms with van der Waals surface area (Å²) in [5.41, 5.74) is 2.93. The summed E-state index contributed by atoms with van der Waals surface area (Å²) < 4.78 is 17.6. The molecule has 0 aliphatic carbocycles. The number of ether oxygens (including phenoxy) is 3. The zero-order chi connectivity index (χ0) is 24.2. The van der Waals surface area contributed by atoms with Crippen molar-refractivity contribution < 1.29 is 28.9 Å². The third kappa shape index (κ3) is 5.61. The fraction of sp³-hybridized carbons (Fsp3) is 0.231. The first-order valence-corrected chi connectivity index (χ1v) is 11.1. The molecule has 3 aromatic rings. The highest BCUT2D eigenvalue weighted by molar-refractivity contribution is 6.31. The lowest BCUT2D eigenvalue weighted by molar-refractivity contribution is -0.136. The van der Waals surface area contributed by atoms with Gasteiger partial charge < -0.3 is 24.6 Å². The van der Waals surface area contributed by atoms with Crippen molar-refractivity contribution in [2.75, 3.05) is 18.5 Å². The summed E-state index contributed by atoms with van der Waals surface area (Å²) in [6.45, 7) is 4.35. The van der Waals surface area contributed by atoms with Gasteiger partial charge in [-0.05, 0) is 73.0 Å². The van der Waals surface area contributed by atoms with Crippen molar-refractivity contribution in [2.24, 2.45) is 0 Å². The van der Waals surface area contributed by atoms with E-state index < -0.39 is 5.97 Å². The van der Waals surface area contributed by atoms with Crippen molar-refractivity contribution in [3.05, 3.63) is 81.9 Å². The third-order valence-corrected chi connectivity index (χ3v) is 5.53. The minimum absolute atomic E-state index is 0.186. The van der Waals surface area contributed by atoms with Crippen LogP contribution in [0.3, 0.4) is 0 Å². The number of rotatable bonds is 7. The van der Waals surface area contributed by atoms with Crippen LogP contribution in [0.1, 0.15) is 27.0 Å². The lowest BCUT2D eigenvalue weighted by Gasteiger charge is -2.26. The molecule has 0 bridgehead atoms. The average Bonchev–Trinajstić information content (AvgIpc) is 2.76. The van der Waals surface area contributed by atoms with Crippen molar-refractivity contribution in [1.29, 1.82) is 0 Å². The van der Waals surface area contributed by atoms with Gasteiger partial charge in [-0.15, -0.1) is 0 Å². The molecule has 0 unspecified atom stereocenters. The molecule has 1 aliphatic heterocycles. The van der Waals surface area contributed by atoms with Crippen LogP contribution in [0.2, 0.25) is 5.02 Å². The number of anilines is 1. The summed E-state index contributed by atoms with van der Waals surface area (Å²) in [6, 6.07) is 15.8. The number of carboxylic acids is 1. The van der Waals surface area contributed by atoms with Crippen molar-refractivity contribution in [3.8, 4) is 17.2 Å². The number of halogens is 1. The normalized spacial score (nSPS) is 14.4. The number of hydrogen-bond donors (Lipinski definition) is 2. The molecule has 8 heteroatoms. The summed E-state index contributed by atoms with van der Waals surface area (Å²) in [4.78, 5) is 24.0. The molecule has 0 saturated heterocycles. The Morgan fingerprint density at radius 2 is 1.79 bits per heavy atom. The Labute approximate surface area is 202 Å². The van der Waals surface area contributed by atoms with Crippen LogP contribution in [-0.2, 0) is 11.2 Å². The van der Waals surface area contributed by atoms with Crippen LogP contribution >= 0.6 is 11.6 Å². The van der Waals surface area contributed by atoms with Gasteiger partial charge in [0.1, 0.15) is 19.0 Å². The number of benzene rings is 3. The first kappa shape index (κ1) is 23.4. The average molecular weight is 482 g/mol. The Bertz CT molecular complexity index is 1220. The third-order valence-electron chi connectivity index (χ3n) is 5.31. The maximum atomic E-state index is 13.0. The molecule has 1 aliphatic rings. The van der Waals surface area contributed by atoms with Crippen LogP contribution in [0.15, 0.2) is 54.6 Å². The quantitative estimate of drug-likeness (QED) is 0.490. The minimum Gasteiger partial charge on any atom is -0.490 e. The van der Waals surface area contributed by atoms with E-state index in [1.165, 1.54) is 0 Å². The molecular weight excluding hydrogens is 458 g/mol. The Hall–Kier alpha value is -3.71. The summed E-state index contributed by atoms with van der Waals surface area (Å²) in [7, 11) is 0. The first-order valence-electron chi connectivity index (χ1n) is 10.7. The number of para-hydroxylation sites is 2. The van der Waals surface area contributed by atoms with E-state index in [9.17, 15) is 9.59 Å². The van der Waals surface area contributed by atoms with E-state index in [2.05, 4.69) is 5.32 Å². The van der Waals surface area contributed by atoms with Crippen LogP contribution in [-0.4, -0.2) is 36.3 Å². The van der Waals surface area contributed by atoms with Gasteiger partial charge in [-0.2, -0.15) is 0 Å². The summed E-state index contributed by atoms with van der Waals surface area (Å²) in [6.07, 6.45) is -0.434. The number of nitrogens with one attached hydrogen (secondary N) is 1. The molecule has 3 aromatic carbocycles. The smallest absolute Gasteiger partial charge is 0.307 e. The number of hydrogen-bond acceptors (Lipinski definition) is 5. The van der Waals surface area contributed by atoms with Crippen LogP contribution < -0.4 is 19.5 Å². The van der Waals surface area contributed by atoms with E-state index in [0.717, 1.165) is 16.9 Å². The molecule has 4 rings (SSSR count). The molecule has 34 heavy (non-hydrogen) atoms. The van der Waals surface area contributed by atoms with Crippen LogP contribution in [0.5, 0.6) is 17.2 Å². The van der Waals surface area contributed by atoms with Gasteiger partial charge in [0.2, 0.25) is 0 Å². The summed E-state index contributed by atoms with van der Waals surface area (Å²) in [5, 5.41) is 12.2. The van der Waals surface area contributed by atoms with E-state index >= 15 is 0 Å². The molecule has 0 fully saturated rings. The predicted octanol–water partition coefficient (Wildman–Crippen LogP) is 5.06. The second-order valence-corrected chi connectivity index (χ2v) is 8.55. The van der Waals surface area contributed by atoms with Gasteiger partial charge in [-0.3, -0.25) is 9.59 Å². The van der Waals surface area contributed by atoms with Gasteiger partial charge >= 0.3 is 5.97 Å². The molecule has 7 nitrogen and oxygen atoms in total. The van der Waals surface area contributed by atoms with Gasteiger partial charge in [0.25, 0.3) is 5.91 Å². The van der Waals surface area contributed by atoms with E-state index in [4.69, 9.17) is 30.9 Å². The molecule has 0 spiro atoms. The fourth-order valence-electron chi connectivity index (χ4n) is 3.89. The maximum absolute atomic E-state index is 13.0. The zero-order valence-electron chi connectivity index (χ0n) is 18.8. The number of fused-ring (bicyclic) bond motifs is 1. The second kappa shape index (κ2) is 10.1. The maximum Gasteiger partial charge on any atom is 0.307 e. The van der Waals surface area contributed by atoms with Gasteiger partial charge in [0.15, 0.2) is 17.6 Å². The van der Waals surface area contributed by atoms with Crippen LogP contribution in [0.25, 0.3) is 0 Å². The fourth-order valence-corrected chi connectivity index (χ4v) is 4.15. The van der Waals surface area contributed by atoms with E-state index in [1.54, 1.807) is 30.3 Å². The second-order valence-electron chi connectivity index (χ2n) is 8.11. The SMILES string of the molecule is Cc1cc(OC[C@@H]2COc3ccccc3O2)cc(C)c1C(=O)Nc1cc(Cl)cc(CC(=O)O)c1. The minimum atomic E-state index is -0.976. The molecule has 2 N–H and O–H groups in total. The molecule has 176 valence electrons. The molecular formula is C26H24ClNO6. The molecule has 0 saturated carbocycles. The van der Waals surface area contributed by atoms with Crippen molar-refractivity contribution in [2.45, 2.75) is 26.4 Å². The van der Waals surface area contributed by atoms with Crippen LogP contribution in [0, 0.1) is 13.8 Å². The highest BCUT2D eigenvalue weighted by Crippen LogP contribution is 2.31. The zero-order valence-corrected chi connectivity index (χ0v) is 19.5. The molecule has 0 radical (unpaired) electrons. The molecule has 0 aromatic heterocycles. The van der Waals surface area contributed by atoms with E-state index in [-0.39, 0.29) is 18.4 Å². The van der Waals surface area contributed by atoms with Crippen molar-refractivity contribution >= 4 is 29.2 Å². The largest absolute Gasteiger partial charge is 0.490 e. The molecule has 1 atom stereocenters. The van der Waals surface area contributed by atoms with Gasteiger partial charge in [0.05, 0.1) is 6.42 Å². The first-order chi connectivity index (χ1) is 16.3. The summed E-state index contributed by atoms with van der Waals surface area (Å²) in [5.74, 6) is 0.743. The van der Waals surface area contributed by atoms with E-state index in [0.29, 0.717) is 46.5 Å². The predicted molar refractivity (Wildman–Crippen MR) is 129 cm³/mol. The van der Waals surface area contributed by atoms with Crippen LogP contribution in [0.4, 0.5) is 5.69 Å². The highest BCUT2D eigenvalue weighted by Gasteiger charge is 2.22. The summed E-state index contributed by atoms with van der Waals surface area (Å²) >= 11 is 6.09. The number of amides is 1. The highest BCUT2D eigenvalue weighted by atomic mass is 35.5. The van der Waals surface area contributed by atoms with Crippen molar-refractivity contribution in [1.82, 2.24) is 0 Å². The number of aliphatic carboxylic acids is 1. The monoisotopic (exact) mass is 481 g/mol. The lowest BCUT2D eigenvalue weighted by Crippen LogP contribution is -2.34. The van der Waals surface area contributed by atoms with Gasteiger partial charge in [0, 0.05) is 16.3 Å². The lowest BCUT2D eigenvalue weighted by atomic mass is 10.0. The Morgan fingerprint density at radius 3 is 2.50 bits per heavy atom. The number of carboxylic acid groups (broad SMARTS) is 1. The van der Waals surface area contributed by atoms with Crippen molar-refractivity contribution in [3.63, 3.8) is 0 Å². The van der Waals surface area contributed by atoms with E-state index in [1.807, 2.05) is 38.1 Å². The van der Waals surface area contributed by atoms with Gasteiger partial charge in [-0.1, -0.05) is 23.7 Å². The number of carbonyl (C=O) groups excluding carboxylic acids is 1. The van der Waals surface area contributed by atoms with Gasteiger partial charge in [-0.25, -0.2) is 0 Å². The Morgan fingerprint density at radius 1 is 1.09 bits per heavy atom. The molecule has 1 heterocycles. The topological polar surface area (TPSA) is 94.1 Å². The molecule has 1 amide bonds.